The molecule has 5 heteroatoms. The summed E-state index contributed by atoms with van der Waals surface area (Å²) in [5.74, 6) is -0.299. The van der Waals surface area contributed by atoms with Crippen LogP contribution in [0.25, 0.3) is 0 Å². The molecule has 0 aliphatic rings. The molecule has 0 N–H and O–H groups in total. The number of esters is 2. The first-order valence-corrected chi connectivity index (χ1v) is 5.46. The first kappa shape index (κ1) is 13.5. The summed E-state index contributed by atoms with van der Waals surface area (Å²) < 4.78 is 9.40. The molecule has 0 amide bonds. The zero-order chi connectivity index (χ0) is 12.8. The van der Waals surface area contributed by atoms with E-state index < -0.39 is 5.38 Å². The van der Waals surface area contributed by atoms with Gasteiger partial charge in [-0.2, -0.15) is 0 Å². The quantitative estimate of drug-likeness (QED) is 0.472. The van der Waals surface area contributed by atoms with E-state index >= 15 is 0 Å². The van der Waals surface area contributed by atoms with E-state index in [-0.39, 0.29) is 18.4 Å². The van der Waals surface area contributed by atoms with Crippen molar-refractivity contribution in [1.29, 1.82) is 0 Å². The average Bonchev–Trinajstić information content (AvgIpc) is 2.28. The third-order valence-electron chi connectivity index (χ3n) is 2.08. The molecule has 4 nitrogen and oxygen atoms in total. The number of halogens is 1. The number of benzene rings is 1. The summed E-state index contributed by atoms with van der Waals surface area (Å²) in [6.45, 7) is 1.33. The van der Waals surface area contributed by atoms with Crippen LogP contribution in [0, 0.1) is 0 Å². The summed E-state index contributed by atoms with van der Waals surface area (Å²) in [5.41, 5.74) is 0.771. The highest BCUT2D eigenvalue weighted by Crippen LogP contribution is 2.26. The lowest BCUT2D eigenvalue weighted by Gasteiger charge is -2.09. The summed E-state index contributed by atoms with van der Waals surface area (Å²) in [7, 11) is 1.32. The molecule has 0 fully saturated rings. The summed E-state index contributed by atoms with van der Waals surface area (Å²) in [6, 6.07) is 6.67. The Balaban J connectivity index is 2.66. The summed E-state index contributed by atoms with van der Waals surface area (Å²) in [6.07, 6.45) is 0.102. The third-order valence-corrected chi connectivity index (χ3v) is 2.48. The monoisotopic (exact) mass is 256 g/mol. The van der Waals surface area contributed by atoms with Crippen LogP contribution in [-0.4, -0.2) is 19.0 Å². The van der Waals surface area contributed by atoms with Gasteiger partial charge in [-0.1, -0.05) is 12.1 Å². The highest BCUT2D eigenvalue weighted by Gasteiger charge is 2.13. The molecule has 0 aromatic heterocycles. The van der Waals surface area contributed by atoms with Crippen molar-refractivity contribution in [3.8, 4) is 5.75 Å². The van der Waals surface area contributed by atoms with E-state index in [1.807, 2.05) is 0 Å². The van der Waals surface area contributed by atoms with Gasteiger partial charge in [0, 0.05) is 6.92 Å². The molecule has 0 saturated carbocycles. The third kappa shape index (κ3) is 4.44. The Morgan fingerprint density at radius 3 is 2.35 bits per heavy atom. The Labute approximate surface area is 104 Å². The van der Waals surface area contributed by atoms with Gasteiger partial charge in [0.15, 0.2) is 0 Å². The Morgan fingerprint density at radius 2 is 1.88 bits per heavy atom. The first-order valence-electron chi connectivity index (χ1n) is 5.02. The molecule has 0 saturated heterocycles. The van der Waals surface area contributed by atoms with Crippen LogP contribution in [0.4, 0.5) is 0 Å². The minimum atomic E-state index is -0.450. The predicted octanol–water partition coefficient (Wildman–Crippen LogP) is 2.45. The van der Waals surface area contributed by atoms with Crippen molar-refractivity contribution in [2.24, 2.45) is 0 Å². The predicted molar refractivity (Wildman–Crippen MR) is 63.0 cm³/mol. The van der Waals surface area contributed by atoms with Crippen LogP contribution < -0.4 is 4.74 Å². The lowest BCUT2D eigenvalue weighted by atomic mass is 10.1. The minimum Gasteiger partial charge on any atom is -0.469 e. The van der Waals surface area contributed by atoms with Crippen LogP contribution in [0.1, 0.15) is 24.3 Å². The van der Waals surface area contributed by atoms with Crippen LogP contribution >= 0.6 is 11.6 Å². The van der Waals surface area contributed by atoms with Gasteiger partial charge in [-0.15, -0.1) is 11.6 Å². The number of rotatable bonds is 4. The highest BCUT2D eigenvalue weighted by atomic mass is 35.5. The fourth-order valence-corrected chi connectivity index (χ4v) is 1.53. The lowest BCUT2D eigenvalue weighted by molar-refractivity contribution is -0.140. The topological polar surface area (TPSA) is 52.6 Å². The Bertz CT molecular complexity index is 399. The molecule has 17 heavy (non-hydrogen) atoms. The lowest BCUT2D eigenvalue weighted by Crippen LogP contribution is -2.05. The van der Waals surface area contributed by atoms with Crippen molar-refractivity contribution in [3.63, 3.8) is 0 Å². The zero-order valence-corrected chi connectivity index (χ0v) is 10.4. The van der Waals surface area contributed by atoms with Crippen LogP contribution in [0.15, 0.2) is 24.3 Å². The molecular formula is C12H13ClO4. The molecule has 0 aliphatic carbocycles. The van der Waals surface area contributed by atoms with E-state index in [2.05, 4.69) is 4.74 Å². The van der Waals surface area contributed by atoms with Crippen LogP contribution in [0.3, 0.4) is 0 Å². The van der Waals surface area contributed by atoms with Gasteiger partial charge in [0.05, 0.1) is 18.9 Å². The molecule has 0 aliphatic heterocycles. The largest absolute Gasteiger partial charge is 0.469 e. The van der Waals surface area contributed by atoms with E-state index in [1.54, 1.807) is 24.3 Å². The first-order chi connectivity index (χ1) is 8.02. The van der Waals surface area contributed by atoms with Crippen LogP contribution in [0.5, 0.6) is 5.75 Å². The zero-order valence-electron chi connectivity index (χ0n) is 9.60. The van der Waals surface area contributed by atoms with E-state index in [0.29, 0.717) is 5.75 Å². The second-order valence-electron chi connectivity index (χ2n) is 3.41. The second kappa shape index (κ2) is 6.25. The van der Waals surface area contributed by atoms with E-state index in [1.165, 1.54) is 14.0 Å². The highest BCUT2D eigenvalue weighted by molar-refractivity contribution is 6.21. The molecule has 1 unspecified atom stereocenters. The van der Waals surface area contributed by atoms with Gasteiger partial charge in [-0.05, 0) is 17.7 Å². The second-order valence-corrected chi connectivity index (χ2v) is 3.94. The normalized spacial score (nSPS) is 11.7. The number of alkyl halides is 1. The van der Waals surface area contributed by atoms with Gasteiger partial charge < -0.3 is 9.47 Å². The molecular weight excluding hydrogens is 244 g/mol. The fraction of sp³-hybridized carbons (Fsp3) is 0.333. The van der Waals surface area contributed by atoms with Gasteiger partial charge >= 0.3 is 11.9 Å². The van der Waals surface area contributed by atoms with Crippen molar-refractivity contribution >= 4 is 23.5 Å². The number of ether oxygens (including phenoxy) is 2. The van der Waals surface area contributed by atoms with Crippen LogP contribution in [-0.2, 0) is 14.3 Å². The van der Waals surface area contributed by atoms with Gasteiger partial charge in [-0.25, -0.2) is 0 Å². The number of hydrogen-bond donors (Lipinski definition) is 0. The molecule has 0 heterocycles. The van der Waals surface area contributed by atoms with Crippen LogP contribution in [0.2, 0.25) is 0 Å². The SMILES string of the molecule is COC(=O)CC(Cl)c1ccc(OC(C)=O)cc1. The van der Waals surface area contributed by atoms with E-state index in [9.17, 15) is 9.59 Å². The van der Waals surface area contributed by atoms with E-state index in [0.717, 1.165) is 5.56 Å². The van der Waals surface area contributed by atoms with Crippen molar-refractivity contribution in [3.05, 3.63) is 29.8 Å². The molecule has 1 aromatic carbocycles. The Kier molecular flexibility index (Phi) is 4.97. The summed E-state index contributed by atoms with van der Waals surface area (Å²) >= 11 is 6.03. The maximum Gasteiger partial charge on any atom is 0.308 e. The van der Waals surface area contributed by atoms with Crippen molar-refractivity contribution in [2.75, 3.05) is 7.11 Å². The average molecular weight is 257 g/mol. The molecule has 0 bridgehead atoms. The molecule has 1 aromatic rings. The molecule has 0 spiro atoms. The van der Waals surface area contributed by atoms with E-state index in [4.69, 9.17) is 16.3 Å². The maximum absolute atomic E-state index is 11.0. The van der Waals surface area contributed by atoms with Gasteiger partial charge in [0.25, 0.3) is 0 Å². The smallest absolute Gasteiger partial charge is 0.308 e. The summed E-state index contributed by atoms with van der Waals surface area (Å²) in [5, 5.41) is -0.450. The minimum absolute atomic E-state index is 0.102. The van der Waals surface area contributed by atoms with Gasteiger partial charge in [-0.3, -0.25) is 9.59 Å². The Morgan fingerprint density at radius 1 is 1.29 bits per heavy atom. The van der Waals surface area contributed by atoms with Crippen molar-refractivity contribution < 1.29 is 19.1 Å². The summed E-state index contributed by atoms with van der Waals surface area (Å²) in [4.78, 5) is 21.7. The Hall–Kier alpha value is -1.55. The molecule has 0 radical (unpaired) electrons. The van der Waals surface area contributed by atoms with Gasteiger partial charge in [0.2, 0.25) is 0 Å². The van der Waals surface area contributed by atoms with Crippen molar-refractivity contribution in [1.82, 2.24) is 0 Å². The van der Waals surface area contributed by atoms with Crippen molar-refractivity contribution in [2.45, 2.75) is 18.7 Å². The fourth-order valence-electron chi connectivity index (χ4n) is 1.26. The van der Waals surface area contributed by atoms with Gasteiger partial charge in [0.1, 0.15) is 5.75 Å². The number of carbonyl (C=O) groups excluding carboxylic acids is 2. The number of methoxy groups -OCH3 is 1. The number of carbonyl (C=O) groups is 2. The maximum atomic E-state index is 11.0. The molecule has 92 valence electrons. The standard InChI is InChI=1S/C12H13ClO4/c1-8(14)17-10-5-3-9(4-6-10)11(13)7-12(15)16-2/h3-6,11H,7H2,1-2H3. The molecule has 1 rings (SSSR count). The molecule has 1 atom stereocenters. The number of hydrogen-bond acceptors (Lipinski definition) is 4.